The number of hydrogen-bond donors (Lipinski definition) is 1. The first-order valence-corrected chi connectivity index (χ1v) is 7.80. The largest absolute Gasteiger partial charge is 0.354 e. The van der Waals surface area contributed by atoms with Gasteiger partial charge in [-0.15, -0.1) is 0 Å². The number of imidazole rings is 1. The lowest BCUT2D eigenvalue weighted by atomic mass is 10.1. The van der Waals surface area contributed by atoms with E-state index in [0.29, 0.717) is 19.5 Å². The zero-order valence-corrected chi connectivity index (χ0v) is 13.8. The zero-order valence-electron chi connectivity index (χ0n) is 13.8. The highest BCUT2D eigenvalue weighted by molar-refractivity contribution is 5.76. The Morgan fingerprint density at radius 3 is 2.77 bits per heavy atom. The van der Waals surface area contributed by atoms with Gasteiger partial charge in [-0.1, -0.05) is 6.92 Å². The van der Waals surface area contributed by atoms with Gasteiger partial charge in [0.05, 0.1) is 18.6 Å². The molecule has 0 saturated carbocycles. The van der Waals surface area contributed by atoms with Gasteiger partial charge in [0.1, 0.15) is 0 Å². The molecule has 2 rings (SSSR count). The molecule has 2 heterocycles. The van der Waals surface area contributed by atoms with Crippen LogP contribution in [0.2, 0.25) is 0 Å². The summed E-state index contributed by atoms with van der Waals surface area (Å²) in [6.07, 6.45) is 6.78. The van der Waals surface area contributed by atoms with Gasteiger partial charge < -0.3 is 9.88 Å². The Kier molecular flexibility index (Phi) is 5.35. The minimum Gasteiger partial charge on any atom is -0.354 e. The molecule has 0 bridgehead atoms. The minimum atomic E-state index is 0.0541. The number of rotatable bonds is 7. The maximum Gasteiger partial charge on any atom is 0.222 e. The topological polar surface area (TPSA) is 64.7 Å². The van der Waals surface area contributed by atoms with Crippen molar-refractivity contribution in [2.45, 2.75) is 53.1 Å². The van der Waals surface area contributed by atoms with Gasteiger partial charge >= 0.3 is 0 Å². The van der Waals surface area contributed by atoms with E-state index in [1.54, 1.807) is 12.5 Å². The first-order valence-electron chi connectivity index (χ1n) is 7.80. The van der Waals surface area contributed by atoms with Crippen LogP contribution in [0.15, 0.2) is 18.7 Å². The van der Waals surface area contributed by atoms with Crippen molar-refractivity contribution in [3.8, 4) is 0 Å². The van der Waals surface area contributed by atoms with Crippen LogP contribution in [0.4, 0.5) is 0 Å². The standard InChI is InChI=1S/C16H25N5O/c1-5-15-13(3)19-21(14(15)4)9-7-18-16(22)10-12(2)20-8-6-17-11-20/h6,8,11-12H,5,7,9-10H2,1-4H3,(H,18,22)/t12-/m0/s1. The number of hydrogen-bond acceptors (Lipinski definition) is 3. The first kappa shape index (κ1) is 16.3. The van der Waals surface area contributed by atoms with E-state index in [2.05, 4.69) is 29.2 Å². The zero-order chi connectivity index (χ0) is 16.1. The van der Waals surface area contributed by atoms with E-state index in [4.69, 9.17) is 0 Å². The van der Waals surface area contributed by atoms with Crippen molar-refractivity contribution in [3.05, 3.63) is 35.7 Å². The molecule has 1 N–H and O–H groups in total. The average molecular weight is 303 g/mol. The molecular weight excluding hydrogens is 278 g/mol. The lowest BCUT2D eigenvalue weighted by Gasteiger charge is -2.13. The smallest absolute Gasteiger partial charge is 0.222 e. The molecule has 0 unspecified atom stereocenters. The molecule has 2 aromatic heterocycles. The number of aryl methyl sites for hydroxylation is 1. The molecule has 0 aliphatic carbocycles. The molecule has 120 valence electrons. The van der Waals surface area contributed by atoms with Gasteiger partial charge in [0, 0.05) is 37.1 Å². The third kappa shape index (κ3) is 3.75. The van der Waals surface area contributed by atoms with Crippen LogP contribution in [-0.4, -0.2) is 31.8 Å². The van der Waals surface area contributed by atoms with Crippen LogP contribution in [0.3, 0.4) is 0 Å². The van der Waals surface area contributed by atoms with Crippen LogP contribution < -0.4 is 5.32 Å². The summed E-state index contributed by atoms with van der Waals surface area (Å²) in [5, 5.41) is 7.50. The molecule has 0 saturated heterocycles. The molecule has 2 aromatic rings. The number of carbonyl (C=O) groups excluding carboxylic acids is 1. The van der Waals surface area contributed by atoms with Crippen molar-refractivity contribution < 1.29 is 4.79 Å². The van der Waals surface area contributed by atoms with Crippen molar-refractivity contribution >= 4 is 5.91 Å². The van der Waals surface area contributed by atoms with Crippen molar-refractivity contribution in [1.82, 2.24) is 24.6 Å². The molecule has 6 heteroatoms. The highest BCUT2D eigenvalue weighted by Crippen LogP contribution is 2.13. The Balaban J connectivity index is 1.80. The molecule has 0 aliphatic rings. The predicted molar refractivity (Wildman–Crippen MR) is 85.6 cm³/mol. The molecule has 1 atom stereocenters. The number of aromatic nitrogens is 4. The highest BCUT2D eigenvalue weighted by atomic mass is 16.1. The van der Waals surface area contributed by atoms with Gasteiger partial charge in [-0.05, 0) is 32.8 Å². The van der Waals surface area contributed by atoms with E-state index in [9.17, 15) is 4.79 Å². The fraction of sp³-hybridized carbons (Fsp3) is 0.562. The SMILES string of the molecule is CCc1c(C)nn(CCNC(=O)C[C@H](C)n2ccnc2)c1C. The number of nitrogens with zero attached hydrogens (tertiary/aromatic N) is 4. The summed E-state index contributed by atoms with van der Waals surface area (Å²) in [6.45, 7) is 9.57. The van der Waals surface area contributed by atoms with Crippen LogP contribution in [0.1, 0.15) is 43.3 Å². The maximum absolute atomic E-state index is 12.0. The van der Waals surface area contributed by atoms with Crippen LogP contribution >= 0.6 is 0 Å². The van der Waals surface area contributed by atoms with Crippen LogP contribution in [0.25, 0.3) is 0 Å². The van der Waals surface area contributed by atoms with Gasteiger partial charge in [0.25, 0.3) is 0 Å². The summed E-state index contributed by atoms with van der Waals surface area (Å²) in [6, 6.07) is 0.114. The van der Waals surface area contributed by atoms with Crippen molar-refractivity contribution in [2.75, 3.05) is 6.54 Å². The summed E-state index contributed by atoms with van der Waals surface area (Å²) in [7, 11) is 0. The van der Waals surface area contributed by atoms with Crippen molar-refractivity contribution in [3.63, 3.8) is 0 Å². The average Bonchev–Trinajstić information content (AvgIpc) is 3.08. The third-order valence-corrected chi connectivity index (χ3v) is 4.05. The molecule has 1 amide bonds. The monoisotopic (exact) mass is 303 g/mol. The second-order valence-corrected chi connectivity index (χ2v) is 5.64. The lowest BCUT2D eigenvalue weighted by Crippen LogP contribution is -2.29. The Hall–Kier alpha value is -2.11. The number of carbonyl (C=O) groups is 1. The van der Waals surface area contributed by atoms with Crippen molar-refractivity contribution in [2.24, 2.45) is 0 Å². The molecule has 0 radical (unpaired) electrons. The van der Waals surface area contributed by atoms with Gasteiger partial charge in [0.2, 0.25) is 5.91 Å². The van der Waals surface area contributed by atoms with Crippen LogP contribution in [0.5, 0.6) is 0 Å². The fourth-order valence-electron chi connectivity index (χ4n) is 2.74. The van der Waals surface area contributed by atoms with Gasteiger partial charge in [-0.3, -0.25) is 9.48 Å². The summed E-state index contributed by atoms with van der Waals surface area (Å²) >= 11 is 0. The summed E-state index contributed by atoms with van der Waals surface area (Å²) in [5.74, 6) is 0.0541. The molecule has 6 nitrogen and oxygen atoms in total. The maximum atomic E-state index is 12.0. The van der Waals surface area contributed by atoms with E-state index < -0.39 is 0 Å². The number of nitrogens with one attached hydrogen (secondary N) is 1. The molecule has 0 aromatic carbocycles. The predicted octanol–water partition coefficient (Wildman–Crippen LogP) is 2.03. The molecule has 0 spiro atoms. The summed E-state index contributed by atoms with van der Waals surface area (Å²) in [4.78, 5) is 16.0. The fourth-order valence-corrected chi connectivity index (χ4v) is 2.74. The Bertz CT molecular complexity index is 615. The van der Waals surface area contributed by atoms with Crippen molar-refractivity contribution in [1.29, 1.82) is 0 Å². The van der Waals surface area contributed by atoms with Gasteiger partial charge in [0.15, 0.2) is 0 Å². The van der Waals surface area contributed by atoms with E-state index in [1.165, 1.54) is 11.3 Å². The van der Waals surface area contributed by atoms with Crippen LogP contribution in [0, 0.1) is 13.8 Å². The molecular formula is C16H25N5O. The van der Waals surface area contributed by atoms with Gasteiger partial charge in [-0.2, -0.15) is 5.10 Å². The second-order valence-electron chi connectivity index (χ2n) is 5.64. The van der Waals surface area contributed by atoms with Crippen LogP contribution in [-0.2, 0) is 17.8 Å². The number of amides is 1. The Morgan fingerprint density at radius 1 is 1.41 bits per heavy atom. The van der Waals surface area contributed by atoms with Gasteiger partial charge in [-0.25, -0.2) is 4.98 Å². The van der Waals surface area contributed by atoms with E-state index in [1.807, 2.05) is 29.3 Å². The highest BCUT2D eigenvalue weighted by Gasteiger charge is 2.11. The quantitative estimate of drug-likeness (QED) is 0.851. The summed E-state index contributed by atoms with van der Waals surface area (Å²) in [5.41, 5.74) is 3.58. The normalized spacial score (nSPS) is 12.4. The van der Waals surface area contributed by atoms with E-state index in [0.717, 1.165) is 12.1 Å². The minimum absolute atomic E-state index is 0.0541. The molecule has 0 aliphatic heterocycles. The van der Waals surface area contributed by atoms with E-state index >= 15 is 0 Å². The summed E-state index contributed by atoms with van der Waals surface area (Å²) < 4.78 is 3.92. The first-order chi connectivity index (χ1) is 10.5. The Labute approximate surface area is 131 Å². The third-order valence-electron chi connectivity index (χ3n) is 4.05. The van der Waals surface area contributed by atoms with E-state index in [-0.39, 0.29) is 11.9 Å². The lowest BCUT2D eigenvalue weighted by molar-refractivity contribution is -0.121. The molecule has 22 heavy (non-hydrogen) atoms. The second kappa shape index (κ2) is 7.24. The molecule has 0 fully saturated rings. The Morgan fingerprint density at radius 2 is 2.18 bits per heavy atom.